The first-order valence-corrected chi connectivity index (χ1v) is 6.35. The zero-order valence-corrected chi connectivity index (χ0v) is 11.5. The summed E-state index contributed by atoms with van der Waals surface area (Å²) < 4.78 is 5.30. The summed E-state index contributed by atoms with van der Waals surface area (Å²) in [5.74, 6) is 1.92. The number of aliphatic hydroxyl groups excluding tert-OH is 2. The first kappa shape index (κ1) is 15.6. The van der Waals surface area contributed by atoms with E-state index in [4.69, 9.17) is 14.9 Å². The molecule has 0 saturated heterocycles. The van der Waals surface area contributed by atoms with Crippen LogP contribution in [0.1, 0.15) is 12.7 Å². The van der Waals surface area contributed by atoms with Gasteiger partial charge in [-0.15, -0.1) is 0 Å². The van der Waals surface area contributed by atoms with E-state index in [1.165, 1.54) is 0 Å². The second-order valence-electron chi connectivity index (χ2n) is 3.85. The van der Waals surface area contributed by atoms with E-state index in [1.54, 1.807) is 18.0 Å². The van der Waals surface area contributed by atoms with Crippen LogP contribution in [0.2, 0.25) is 0 Å². The van der Waals surface area contributed by atoms with E-state index in [1.807, 2.05) is 6.92 Å². The lowest BCUT2D eigenvalue weighted by atomic mass is 10.4. The Morgan fingerprint density at radius 1 is 1.26 bits per heavy atom. The van der Waals surface area contributed by atoms with Gasteiger partial charge in [0.05, 0.1) is 13.2 Å². The van der Waals surface area contributed by atoms with E-state index in [0.29, 0.717) is 43.8 Å². The minimum Gasteiger partial charge on any atom is -0.395 e. The molecule has 1 aromatic heterocycles. The van der Waals surface area contributed by atoms with Crippen LogP contribution < -0.4 is 10.2 Å². The average molecular weight is 270 g/mol. The molecular weight excluding hydrogens is 248 g/mol. The Labute approximate surface area is 113 Å². The van der Waals surface area contributed by atoms with E-state index < -0.39 is 0 Å². The molecule has 1 heterocycles. The Morgan fingerprint density at radius 3 is 2.47 bits per heavy atom. The fourth-order valence-electron chi connectivity index (χ4n) is 1.61. The molecule has 0 amide bonds. The third kappa shape index (κ3) is 4.98. The molecule has 1 rings (SSSR count). The molecule has 0 fully saturated rings. The number of hydrogen-bond acceptors (Lipinski definition) is 7. The van der Waals surface area contributed by atoms with E-state index in [0.717, 1.165) is 0 Å². The average Bonchev–Trinajstić information content (AvgIpc) is 2.44. The van der Waals surface area contributed by atoms with Crippen molar-refractivity contribution in [1.29, 1.82) is 0 Å². The summed E-state index contributed by atoms with van der Waals surface area (Å²) in [4.78, 5) is 10.5. The third-order valence-corrected chi connectivity index (χ3v) is 2.51. The van der Waals surface area contributed by atoms with Gasteiger partial charge in [-0.1, -0.05) is 0 Å². The maximum Gasteiger partial charge on any atom is 0.158 e. The van der Waals surface area contributed by atoms with Crippen molar-refractivity contribution in [1.82, 2.24) is 9.97 Å². The quantitative estimate of drug-likeness (QED) is 0.574. The molecule has 108 valence electrons. The van der Waals surface area contributed by atoms with Crippen LogP contribution in [0.15, 0.2) is 6.07 Å². The van der Waals surface area contributed by atoms with Gasteiger partial charge in [-0.05, 0) is 6.92 Å². The van der Waals surface area contributed by atoms with Gasteiger partial charge < -0.3 is 25.2 Å². The molecule has 0 aliphatic carbocycles. The van der Waals surface area contributed by atoms with Gasteiger partial charge in [0.15, 0.2) is 5.82 Å². The van der Waals surface area contributed by atoms with Crippen LogP contribution in [-0.4, -0.2) is 60.1 Å². The molecule has 7 nitrogen and oxygen atoms in total. The van der Waals surface area contributed by atoms with Crippen LogP contribution in [0.5, 0.6) is 0 Å². The summed E-state index contributed by atoms with van der Waals surface area (Å²) in [6, 6.07) is 1.78. The Kier molecular flexibility index (Phi) is 7.09. The molecule has 0 radical (unpaired) electrons. The highest BCUT2D eigenvalue weighted by Crippen LogP contribution is 2.16. The van der Waals surface area contributed by atoms with Gasteiger partial charge in [-0.25, -0.2) is 9.97 Å². The molecule has 0 aromatic carbocycles. The van der Waals surface area contributed by atoms with E-state index in [2.05, 4.69) is 15.3 Å². The molecule has 3 N–H and O–H groups in total. The lowest BCUT2D eigenvalue weighted by molar-refractivity contribution is 0.128. The van der Waals surface area contributed by atoms with Crippen LogP contribution in [0, 0.1) is 0 Å². The molecule has 7 heteroatoms. The Bertz CT molecular complexity index is 370. The van der Waals surface area contributed by atoms with Crippen molar-refractivity contribution in [2.75, 3.05) is 50.2 Å². The standard InChI is InChI=1S/C12H22N4O3/c1-3-19-9-11-14-10(13-2)8-12(15-11)16(4-6-17)5-7-18/h8,17-18H,3-7,9H2,1-2H3,(H,13,14,15). The summed E-state index contributed by atoms with van der Waals surface area (Å²) in [6.07, 6.45) is 0. The van der Waals surface area contributed by atoms with Gasteiger partial charge in [-0.2, -0.15) is 0 Å². The van der Waals surface area contributed by atoms with Crippen molar-refractivity contribution >= 4 is 11.6 Å². The smallest absolute Gasteiger partial charge is 0.158 e. The number of nitrogens with one attached hydrogen (secondary N) is 1. The topological polar surface area (TPSA) is 90.7 Å². The number of aliphatic hydroxyl groups is 2. The molecule has 0 bridgehead atoms. The number of anilines is 2. The zero-order valence-electron chi connectivity index (χ0n) is 11.5. The number of nitrogens with zero attached hydrogens (tertiary/aromatic N) is 3. The summed E-state index contributed by atoms with van der Waals surface area (Å²) in [5.41, 5.74) is 0. The first-order chi connectivity index (χ1) is 9.24. The molecule has 1 aromatic rings. The lowest BCUT2D eigenvalue weighted by Gasteiger charge is -2.22. The van der Waals surface area contributed by atoms with E-state index in [9.17, 15) is 0 Å². The minimum absolute atomic E-state index is 0.000314. The molecule has 0 aliphatic rings. The van der Waals surface area contributed by atoms with Crippen LogP contribution in [0.3, 0.4) is 0 Å². The van der Waals surface area contributed by atoms with Crippen molar-refractivity contribution in [2.45, 2.75) is 13.5 Å². The number of hydrogen-bond donors (Lipinski definition) is 3. The van der Waals surface area contributed by atoms with E-state index >= 15 is 0 Å². The Balaban J connectivity index is 2.95. The molecular formula is C12H22N4O3. The maximum absolute atomic E-state index is 9.05. The van der Waals surface area contributed by atoms with Gasteiger partial charge in [0.1, 0.15) is 18.2 Å². The summed E-state index contributed by atoms with van der Waals surface area (Å²) in [5, 5.41) is 21.1. The second-order valence-corrected chi connectivity index (χ2v) is 3.85. The Hall–Kier alpha value is -1.44. The molecule has 0 unspecified atom stereocenters. The summed E-state index contributed by atoms with van der Waals surface area (Å²) in [6.45, 7) is 3.67. The lowest BCUT2D eigenvalue weighted by Crippen LogP contribution is -2.31. The highest BCUT2D eigenvalue weighted by Gasteiger charge is 2.11. The predicted octanol–water partition coefficient (Wildman–Crippen LogP) is -0.154. The number of rotatable bonds is 9. The van der Waals surface area contributed by atoms with Crippen molar-refractivity contribution in [3.8, 4) is 0 Å². The fraction of sp³-hybridized carbons (Fsp3) is 0.667. The minimum atomic E-state index is -0.000314. The third-order valence-electron chi connectivity index (χ3n) is 2.51. The van der Waals surface area contributed by atoms with Gasteiger partial charge >= 0.3 is 0 Å². The van der Waals surface area contributed by atoms with Gasteiger partial charge in [0.2, 0.25) is 0 Å². The fourth-order valence-corrected chi connectivity index (χ4v) is 1.61. The molecule has 0 atom stereocenters. The summed E-state index contributed by atoms with van der Waals surface area (Å²) >= 11 is 0. The van der Waals surface area contributed by atoms with Crippen molar-refractivity contribution in [2.24, 2.45) is 0 Å². The van der Waals surface area contributed by atoms with Gasteiger partial charge in [0, 0.05) is 32.8 Å². The molecule has 0 aliphatic heterocycles. The monoisotopic (exact) mass is 270 g/mol. The molecule has 0 spiro atoms. The second kappa shape index (κ2) is 8.63. The Morgan fingerprint density at radius 2 is 1.95 bits per heavy atom. The van der Waals surface area contributed by atoms with Crippen molar-refractivity contribution in [3.05, 3.63) is 11.9 Å². The predicted molar refractivity (Wildman–Crippen MR) is 73.3 cm³/mol. The van der Waals surface area contributed by atoms with Gasteiger partial charge in [0.25, 0.3) is 0 Å². The van der Waals surface area contributed by atoms with Crippen molar-refractivity contribution < 1.29 is 14.9 Å². The van der Waals surface area contributed by atoms with Crippen LogP contribution in [0.25, 0.3) is 0 Å². The SMILES string of the molecule is CCOCc1nc(NC)cc(N(CCO)CCO)n1. The maximum atomic E-state index is 9.05. The highest BCUT2D eigenvalue weighted by atomic mass is 16.5. The zero-order chi connectivity index (χ0) is 14.1. The highest BCUT2D eigenvalue weighted by molar-refractivity contribution is 5.49. The van der Waals surface area contributed by atoms with Crippen molar-refractivity contribution in [3.63, 3.8) is 0 Å². The van der Waals surface area contributed by atoms with Gasteiger partial charge in [-0.3, -0.25) is 0 Å². The van der Waals surface area contributed by atoms with Crippen LogP contribution in [0.4, 0.5) is 11.6 Å². The van der Waals surface area contributed by atoms with Crippen LogP contribution in [-0.2, 0) is 11.3 Å². The normalized spacial score (nSPS) is 10.5. The van der Waals surface area contributed by atoms with E-state index in [-0.39, 0.29) is 13.2 Å². The number of aromatic nitrogens is 2. The largest absolute Gasteiger partial charge is 0.395 e. The van der Waals surface area contributed by atoms with Crippen LogP contribution >= 0.6 is 0 Å². The summed E-state index contributed by atoms with van der Waals surface area (Å²) in [7, 11) is 1.78. The molecule has 0 saturated carbocycles. The molecule has 19 heavy (non-hydrogen) atoms. The number of ether oxygens (including phenoxy) is 1. The first-order valence-electron chi connectivity index (χ1n) is 6.35.